The molecule has 0 amide bonds. The van der Waals surface area contributed by atoms with Crippen LogP contribution in [0.4, 0.5) is 0 Å². The summed E-state index contributed by atoms with van der Waals surface area (Å²) >= 11 is 3.39. The zero-order valence-corrected chi connectivity index (χ0v) is 16.3. The third-order valence-electron chi connectivity index (χ3n) is 4.00. The summed E-state index contributed by atoms with van der Waals surface area (Å²) in [6, 6.07) is 15.9. The zero-order chi connectivity index (χ0) is 17.9. The first kappa shape index (κ1) is 17.8. The van der Waals surface area contributed by atoms with Gasteiger partial charge in [0, 0.05) is 6.21 Å². The Bertz CT molecular complexity index is 781. The van der Waals surface area contributed by atoms with Crippen molar-refractivity contribution in [2.75, 3.05) is 6.61 Å². The second-order valence-corrected chi connectivity index (χ2v) is 7.95. The minimum absolute atomic E-state index is 0.0419. The highest BCUT2D eigenvalue weighted by Gasteiger charge is 2.34. The SMILES string of the molecule is CC(C)(C)[C@@H](/N=C/c1cccc(Br)n1)C1=N[C@@H](c2ccccc2)CO1. The smallest absolute Gasteiger partial charge is 0.210 e. The van der Waals surface area contributed by atoms with E-state index < -0.39 is 0 Å². The van der Waals surface area contributed by atoms with Crippen molar-refractivity contribution < 1.29 is 4.74 Å². The van der Waals surface area contributed by atoms with Gasteiger partial charge in [-0.05, 0) is 39.0 Å². The zero-order valence-electron chi connectivity index (χ0n) is 14.7. The summed E-state index contributed by atoms with van der Waals surface area (Å²) in [5, 5.41) is 0. The highest BCUT2D eigenvalue weighted by atomic mass is 79.9. The highest BCUT2D eigenvalue weighted by Crippen LogP contribution is 2.30. The molecule has 3 rings (SSSR count). The maximum atomic E-state index is 5.93. The van der Waals surface area contributed by atoms with Crippen LogP contribution in [-0.4, -0.2) is 29.7 Å². The van der Waals surface area contributed by atoms with E-state index in [1.165, 1.54) is 5.56 Å². The lowest BCUT2D eigenvalue weighted by atomic mass is 9.87. The standard InChI is InChI=1S/C20H22BrN3O/c1-20(2,3)18(22-12-15-10-7-11-17(21)23-15)19-24-16(13-25-19)14-8-5-4-6-9-14/h4-12,16,18H,13H2,1-3H3/b22-12+/t16-,18+/m1/s1. The Hall–Kier alpha value is -2.01. The molecule has 0 spiro atoms. The quantitative estimate of drug-likeness (QED) is 0.544. The van der Waals surface area contributed by atoms with Crippen LogP contribution < -0.4 is 0 Å². The van der Waals surface area contributed by atoms with Crippen molar-refractivity contribution in [1.29, 1.82) is 0 Å². The highest BCUT2D eigenvalue weighted by molar-refractivity contribution is 9.10. The lowest BCUT2D eigenvalue weighted by molar-refractivity contribution is 0.277. The van der Waals surface area contributed by atoms with Gasteiger partial charge in [0.25, 0.3) is 0 Å². The number of aromatic nitrogens is 1. The van der Waals surface area contributed by atoms with E-state index in [0.717, 1.165) is 10.3 Å². The van der Waals surface area contributed by atoms with Gasteiger partial charge in [0.2, 0.25) is 5.90 Å². The van der Waals surface area contributed by atoms with E-state index in [2.05, 4.69) is 53.8 Å². The minimum atomic E-state index is -0.151. The van der Waals surface area contributed by atoms with Crippen LogP contribution >= 0.6 is 15.9 Å². The van der Waals surface area contributed by atoms with E-state index in [0.29, 0.717) is 12.5 Å². The minimum Gasteiger partial charge on any atom is -0.477 e. The van der Waals surface area contributed by atoms with E-state index in [1.807, 2.05) is 36.4 Å². The summed E-state index contributed by atoms with van der Waals surface area (Å²) in [6.45, 7) is 7.00. The number of halogens is 1. The molecule has 0 bridgehead atoms. The fraction of sp³-hybridized carbons (Fsp3) is 0.350. The van der Waals surface area contributed by atoms with Gasteiger partial charge in [0.15, 0.2) is 0 Å². The fourth-order valence-electron chi connectivity index (χ4n) is 2.69. The van der Waals surface area contributed by atoms with Crippen molar-refractivity contribution >= 4 is 28.0 Å². The van der Waals surface area contributed by atoms with Crippen molar-refractivity contribution in [2.24, 2.45) is 15.4 Å². The van der Waals surface area contributed by atoms with E-state index in [1.54, 1.807) is 6.21 Å². The van der Waals surface area contributed by atoms with Crippen LogP contribution in [0.3, 0.4) is 0 Å². The van der Waals surface area contributed by atoms with E-state index >= 15 is 0 Å². The Morgan fingerprint density at radius 3 is 2.60 bits per heavy atom. The summed E-state index contributed by atoms with van der Waals surface area (Å²) in [5.41, 5.74) is 1.87. The number of rotatable bonds is 4. The molecule has 0 saturated heterocycles. The van der Waals surface area contributed by atoms with Gasteiger partial charge in [-0.3, -0.25) is 4.99 Å². The Kier molecular flexibility index (Phi) is 5.33. The van der Waals surface area contributed by atoms with Crippen molar-refractivity contribution in [3.05, 3.63) is 64.4 Å². The Morgan fingerprint density at radius 2 is 1.92 bits per heavy atom. The molecule has 0 fully saturated rings. The van der Waals surface area contributed by atoms with Gasteiger partial charge >= 0.3 is 0 Å². The molecular formula is C20H22BrN3O. The first-order chi connectivity index (χ1) is 11.9. The molecule has 1 aromatic heterocycles. The van der Waals surface area contributed by atoms with Crippen molar-refractivity contribution in [2.45, 2.75) is 32.9 Å². The van der Waals surface area contributed by atoms with Crippen molar-refractivity contribution in [1.82, 2.24) is 4.98 Å². The van der Waals surface area contributed by atoms with Crippen LogP contribution in [-0.2, 0) is 4.74 Å². The fourth-order valence-corrected chi connectivity index (χ4v) is 3.05. The molecule has 0 saturated carbocycles. The molecule has 1 aliphatic heterocycles. The van der Waals surface area contributed by atoms with E-state index in [4.69, 9.17) is 14.7 Å². The van der Waals surface area contributed by atoms with Gasteiger partial charge in [0.1, 0.15) is 23.3 Å². The number of aliphatic imine (C=N–C) groups is 2. The molecule has 0 aliphatic carbocycles. The van der Waals surface area contributed by atoms with Crippen LogP contribution in [0, 0.1) is 5.41 Å². The second-order valence-electron chi connectivity index (χ2n) is 7.14. The molecule has 2 heterocycles. The van der Waals surface area contributed by atoms with Gasteiger partial charge < -0.3 is 4.74 Å². The van der Waals surface area contributed by atoms with Gasteiger partial charge in [-0.2, -0.15) is 0 Å². The molecule has 2 aromatic rings. The van der Waals surface area contributed by atoms with E-state index in [9.17, 15) is 0 Å². The Labute approximate surface area is 157 Å². The molecule has 25 heavy (non-hydrogen) atoms. The average Bonchev–Trinajstić information content (AvgIpc) is 3.04. The number of ether oxygens (including phenoxy) is 1. The topological polar surface area (TPSA) is 46.8 Å². The summed E-state index contributed by atoms with van der Waals surface area (Å²) < 4.78 is 6.72. The van der Waals surface area contributed by atoms with Gasteiger partial charge in [-0.15, -0.1) is 0 Å². The Balaban J connectivity index is 1.84. The molecule has 1 aromatic carbocycles. The predicted octanol–water partition coefficient (Wildman–Crippen LogP) is 4.85. The first-order valence-corrected chi connectivity index (χ1v) is 9.14. The first-order valence-electron chi connectivity index (χ1n) is 8.34. The normalized spacial score (nSPS) is 18.9. The molecule has 0 radical (unpaired) electrons. The largest absolute Gasteiger partial charge is 0.477 e. The number of nitrogens with zero attached hydrogens (tertiary/aromatic N) is 3. The van der Waals surface area contributed by atoms with Crippen LogP contribution in [0.2, 0.25) is 0 Å². The molecule has 5 heteroatoms. The van der Waals surface area contributed by atoms with Crippen molar-refractivity contribution in [3.8, 4) is 0 Å². The molecule has 4 nitrogen and oxygen atoms in total. The van der Waals surface area contributed by atoms with Crippen LogP contribution in [0.25, 0.3) is 0 Å². The molecule has 2 atom stereocenters. The maximum absolute atomic E-state index is 5.93. The molecule has 0 unspecified atom stereocenters. The van der Waals surface area contributed by atoms with Crippen LogP contribution in [0.15, 0.2) is 63.1 Å². The lowest BCUT2D eigenvalue weighted by Crippen LogP contribution is -2.33. The molecular weight excluding hydrogens is 378 g/mol. The Morgan fingerprint density at radius 1 is 1.16 bits per heavy atom. The second kappa shape index (κ2) is 7.48. The van der Waals surface area contributed by atoms with Gasteiger partial charge in [0.05, 0.1) is 5.69 Å². The summed E-state index contributed by atoms with van der Waals surface area (Å²) in [6.07, 6.45) is 1.79. The average molecular weight is 400 g/mol. The third kappa shape index (κ3) is 4.54. The van der Waals surface area contributed by atoms with E-state index in [-0.39, 0.29) is 17.5 Å². The summed E-state index contributed by atoms with van der Waals surface area (Å²) in [5.74, 6) is 0.701. The summed E-state index contributed by atoms with van der Waals surface area (Å²) in [4.78, 5) is 14.0. The lowest BCUT2D eigenvalue weighted by Gasteiger charge is -2.26. The van der Waals surface area contributed by atoms with Gasteiger partial charge in [-0.1, -0.05) is 57.2 Å². The summed E-state index contributed by atoms with van der Waals surface area (Å²) in [7, 11) is 0. The van der Waals surface area contributed by atoms with Crippen LogP contribution in [0.1, 0.15) is 38.1 Å². The predicted molar refractivity (Wildman–Crippen MR) is 105 cm³/mol. The molecule has 0 N–H and O–H groups in total. The van der Waals surface area contributed by atoms with Crippen LogP contribution in [0.5, 0.6) is 0 Å². The number of benzene rings is 1. The number of hydrogen-bond acceptors (Lipinski definition) is 4. The maximum Gasteiger partial charge on any atom is 0.210 e. The monoisotopic (exact) mass is 399 g/mol. The third-order valence-corrected chi connectivity index (χ3v) is 4.44. The number of hydrogen-bond donors (Lipinski definition) is 0. The molecule has 130 valence electrons. The number of pyridine rings is 1. The van der Waals surface area contributed by atoms with Gasteiger partial charge in [-0.25, -0.2) is 9.98 Å². The molecule has 1 aliphatic rings. The van der Waals surface area contributed by atoms with Crippen molar-refractivity contribution in [3.63, 3.8) is 0 Å².